The Morgan fingerprint density at radius 2 is 1.61 bits per heavy atom. The number of hydrogen-bond acceptors (Lipinski definition) is 3. The molecule has 0 spiro atoms. The van der Waals surface area contributed by atoms with Crippen LogP contribution in [-0.2, 0) is 0 Å². The third-order valence-corrected chi connectivity index (χ3v) is 4.44. The SMILES string of the molecule is COc1ccc(C2CCN(c3c(F)cc(N)cc3F)CC2)cc1. The molecular formula is C18H20F2N2O. The van der Waals surface area contributed by atoms with Gasteiger partial charge in [-0.1, -0.05) is 12.1 Å². The highest BCUT2D eigenvalue weighted by Crippen LogP contribution is 2.34. The lowest BCUT2D eigenvalue weighted by molar-refractivity contribution is 0.414. The van der Waals surface area contributed by atoms with Crippen LogP contribution in [0.4, 0.5) is 20.2 Å². The number of methoxy groups -OCH3 is 1. The molecule has 2 N–H and O–H groups in total. The first kappa shape index (κ1) is 15.6. The van der Waals surface area contributed by atoms with Gasteiger partial charge in [-0.2, -0.15) is 0 Å². The third kappa shape index (κ3) is 3.23. The second kappa shape index (κ2) is 6.44. The summed E-state index contributed by atoms with van der Waals surface area (Å²) in [4.78, 5) is 1.77. The fraction of sp³-hybridized carbons (Fsp3) is 0.333. The van der Waals surface area contributed by atoms with Crippen LogP contribution in [0.3, 0.4) is 0 Å². The maximum Gasteiger partial charge on any atom is 0.151 e. The first-order valence-electron chi connectivity index (χ1n) is 7.72. The maximum atomic E-state index is 14.0. The van der Waals surface area contributed by atoms with E-state index in [-0.39, 0.29) is 11.4 Å². The van der Waals surface area contributed by atoms with E-state index in [1.54, 1.807) is 12.0 Å². The molecule has 3 rings (SSSR count). The number of piperidine rings is 1. The fourth-order valence-electron chi connectivity index (χ4n) is 3.20. The van der Waals surface area contributed by atoms with Gasteiger partial charge in [0, 0.05) is 18.8 Å². The summed E-state index contributed by atoms with van der Waals surface area (Å²) in [5.74, 6) is 0.0463. The maximum absolute atomic E-state index is 14.0. The van der Waals surface area contributed by atoms with Crippen LogP contribution in [0, 0.1) is 11.6 Å². The van der Waals surface area contributed by atoms with Crippen molar-refractivity contribution in [3.63, 3.8) is 0 Å². The van der Waals surface area contributed by atoms with Gasteiger partial charge in [-0.05, 0) is 48.6 Å². The molecule has 5 heteroatoms. The number of nitrogens with zero attached hydrogens (tertiary/aromatic N) is 1. The first-order valence-corrected chi connectivity index (χ1v) is 7.72. The van der Waals surface area contributed by atoms with Crippen molar-refractivity contribution < 1.29 is 13.5 Å². The Balaban J connectivity index is 1.71. The average Bonchev–Trinajstić information content (AvgIpc) is 2.55. The van der Waals surface area contributed by atoms with E-state index in [9.17, 15) is 8.78 Å². The molecule has 0 radical (unpaired) electrons. The Morgan fingerprint density at radius 1 is 1.04 bits per heavy atom. The van der Waals surface area contributed by atoms with Gasteiger partial charge in [0.05, 0.1) is 7.11 Å². The van der Waals surface area contributed by atoms with Crippen LogP contribution in [0.5, 0.6) is 5.75 Å². The second-order valence-corrected chi connectivity index (χ2v) is 5.87. The molecule has 1 aliphatic rings. The summed E-state index contributed by atoms with van der Waals surface area (Å²) in [6.45, 7) is 1.24. The topological polar surface area (TPSA) is 38.5 Å². The summed E-state index contributed by atoms with van der Waals surface area (Å²) in [5.41, 5.74) is 6.85. The zero-order chi connectivity index (χ0) is 16.4. The molecule has 2 aromatic carbocycles. The van der Waals surface area contributed by atoms with E-state index < -0.39 is 11.6 Å². The van der Waals surface area contributed by atoms with Crippen molar-refractivity contribution in [3.8, 4) is 5.75 Å². The molecule has 0 bridgehead atoms. The van der Waals surface area contributed by atoms with Crippen molar-refractivity contribution in [2.45, 2.75) is 18.8 Å². The van der Waals surface area contributed by atoms with Gasteiger partial charge in [0.15, 0.2) is 11.6 Å². The summed E-state index contributed by atoms with van der Waals surface area (Å²) in [6.07, 6.45) is 1.71. The molecule has 3 nitrogen and oxygen atoms in total. The van der Waals surface area contributed by atoms with E-state index in [0.717, 1.165) is 18.6 Å². The summed E-state index contributed by atoms with van der Waals surface area (Å²) in [5, 5.41) is 0. The van der Waals surface area contributed by atoms with Gasteiger partial charge in [0.2, 0.25) is 0 Å². The highest BCUT2D eigenvalue weighted by atomic mass is 19.1. The Morgan fingerprint density at radius 3 is 2.13 bits per heavy atom. The minimum absolute atomic E-state index is 0.0346. The molecule has 23 heavy (non-hydrogen) atoms. The normalized spacial score (nSPS) is 15.7. The molecule has 1 aliphatic heterocycles. The molecule has 122 valence electrons. The van der Waals surface area contributed by atoms with Crippen molar-refractivity contribution >= 4 is 11.4 Å². The monoisotopic (exact) mass is 318 g/mol. The molecule has 1 fully saturated rings. The van der Waals surface area contributed by atoms with Crippen molar-refractivity contribution in [1.29, 1.82) is 0 Å². The molecule has 2 aromatic rings. The molecule has 0 amide bonds. The lowest BCUT2D eigenvalue weighted by Crippen LogP contribution is -2.34. The third-order valence-electron chi connectivity index (χ3n) is 4.44. The van der Waals surface area contributed by atoms with Crippen LogP contribution in [-0.4, -0.2) is 20.2 Å². The quantitative estimate of drug-likeness (QED) is 0.871. The second-order valence-electron chi connectivity index (χ2n) is 5.87. The number of anilines is 2. The highest BCUT2D eigenvalue weighted by molar-refractivity contribution is 5.56. The van der Waals surface area contributed by atoms with Gasteiger partial charge >= 0.3 is 0 Å². The van der Waals surface area contributed by atoms with Crippen LogP contribution >= 0.6 is 0 Å². The predicted octanol–water partition coefficient (Wildman–Crippen LogP) is 3.94. The van der Waals surface area contributed by atoms with Crippen molar-refractivity contribution in [2.24, 2.45) is 0 Å². The van der Waals surface area contributed by atoms with E-state index in [0.29, 0.717) is 19.0 Å². The fourth-order valence-corrected chi connectivity index (χ4v) is 3.20. The number of nitrogens with two attached hydrogens (primary N) is 1. The average molecular weight is 318 g/mol. The number of hydrogen-bond donors (Lipinski definition) is 1. The standard InChI is InChI=1S/C18H20F2N2O/c1-23-15-4-2-12(3-5-15)13-6-8-22(9-7-13)18-16(19)10-14(21)11-17(18)20/h2-5,10-11,13H,6-9,21H2,1H3. The smallest absolute Gasteiger partial charge is 0.151 e. The summed E-state index contributed by atoms with van der Waals surface area (Å²) in [7, 11) is 1.64. The van der Waals surface area contributed by atoms with Gasteiger partial charge < -0.3 is 15.4 Å². The van der Waals surface area contributed by atoms with Gasteiger partial charge in [-0.15, -0.1) is 0 Å². The predicted molar refractivity (Wildman–Crippen MR) is 88.0 cm³/mol. The van der Waals surface area contributed by atoms with Gasteiger partial charge in [-0.3, -0.25) is 0 Å². The zero-order valence-corrected chi connectivity index (χ0v) is 13.1. The van der Waals surface area contributed by atoms with Crippen LogP contribution in [0.2, 0.25) is 0 Å². The molecular weight excluding hydrogens is 298 g/mol. The molecule has 0 unspecified atom stereocenters. The van der Waals surface area contributed by atoms with E-state index in [1.807, 2.05) is 12.1 Å². The van der Waals surface area contributed by atoms with E-state index in [1.165, 1.54) is 17.7 Å². The Kier molecular flexibility index (Phi) is 4.37. The number of nitrogen functional groups attached to an aromatic ring is 1. The van der Waals surface area contributed by atoms with E-state index in [2.05, 4.69) is 12.1 Å². The number of benzene rings is 2. The number of rotatable bonds is 3. The summed E-state index contributed by atoms with van der Waals surface area (Å²) >= 11 is 0. The minimum Gasteiger partial charge on any atom is -0.497 e. The van der Waals surface area contributed by atoms with E-state index >= 15 is 0 Å². The van der Waals surface area contributed by atoms with Gasteiger partial charge in [0.1, 0.15) is 11.4 Å². The number of halogens is 2. The minimum atomic E-state index is -0.592. The highest BCUT2D eigenvalue weighted by Gasteiger charge is 2.25. The van der Waals surface area contributed by atoms with Gasteiger partial charge in [0.25, 0.3) is 0 Å². The molecule has 0 aromatic heterocycles. The van der Waals surface area contributed by atoms with Crippen LogP contribution in [0.25, 0.3) is 0 Å². The molecule has 0 aliphatic carbocycles. The summed E-state index contributed by atoms with van der Waals surface area (Å²) in [6, 6.07) is 10.4. The zero-order valence-electron chi connectivity index (χ0n) is 13.1. The van der Waals surface area contributed by atoms with Crippen LogP contribution < -0.4 is 15.4 Å². The molecule has 0 atom stereocenters. The van der Waals surface area contributed by atoms with Gasteiger partial charge in [-0.25, -0.2) is 8.78 Å². The first-order chi connectivity index (χ1) is 11.1. The Bertz CT molecular complexity index is 657. The molecule has 1 heterocycles. The van der Waals surface area contributed by atoms with Crippen LogP contribution in [0.1, 0.15) is 24.3 Å². The Hall–Kier alpha value is -2.30. The molecule has 0 saturated carbocycles. The van der Waals surface area contributed by atoms with E-state index in [4.69, 9.17) is 10.5 Å². The van der Waals surface area contributed by atoms with Crippen LogP contribution in [0.15, 0.2) is 36.4 Å². The van der Waals surface area contributed by atoms with Crippen molar-refractivity contribution in [2.75, 3.05) is 30.8 Å². The lowest BCUT2D eigenvalue weighted by atomic mass is 9.89. The van der Waals surface area contributed by atoms with Crippen molar-refractivity contribution in [1.82, 2.24) is 0 Å². The largest absolute Gasteiger partial charge is 0.497 e. The lowest BCUT2D eigenvalue weighted by Gasteiger charge is -2.34. The molecule has 1 saturated heterocycles. The summed E-state index contributed by atoms with van der Waals surface area (Å²) < 4.78 is 33.2. The van der Waals surface area contributed by atoms with Crippen molar-refractivity contribution in [3.05, 3.63) is 53.6 Å². The number of ether oxygens (including phenoxy) is 1. The Labute approximate surface area is 134 Å².